The maximum Gasteiger partial charge on any atom is 0.287 e. The Labute approximate surface area is 131 Å². The van der Waals surface area contributed by atoms with Gasteiger partial charge in [0.25, 0.3) is 5.69 Å². The van der Waals surface area contributed by atoms with Crippen LogP contribution < -0.4 is 4.90 Å². The molecule has 0 aliphatic heterocycles. The van der Waals surface area contributed by atoms with Gasteiger partial charge in [0, 0.05) is 41.6 Å². The molecule has 2 aromatic rings. The van der Waals surface area contributed by atoms with Gasteiger partial charge in [-0.25, -0.2) is 4.98 Å². The zero-order valence-corrected chi connectivity index (χ0v) is 13.5. The minimum absolute atomic E-state index is 0.00979. The van der Waals surface area contributed by atoms with Crippen LogP contribution in [0.4, 0.5) is 11.5 Å². The van der Waals surface area contributed by atoms with E-state index in [2.05, 4.69) is 4.98 Å². The third-order valence-electron chi connectivity index (χ3n) is 3.28. The van der Waals surface area contributed by atoms with Crippen LogP contribution in [0.5, 0.6) is 0 Å². The van der Waals surface area contributed by atoms with Crippen molar-refractivity contribution in [3.05, 3.63) is 57.8 Å². The summed E-state index contributed by atoms with van der Waals surface area (Å²) in [7, 11) is 0.895. The highest BCUT2D eigenvalue weighted by Crippen LogP contribution is 2.22. The second-order valence-electron chi connectivity index (χ2n) is 5.05. The van der Waals surface area contributed by atoms with Crippen molar-refractivity contribution in [2.45, 2.75) is 18.4 Å². The number of aryl methyl sites for hydroxylation is 1. The van der Waals surface area contributed by atoms with E-state index >= 15 is 0 Å². The molecule has 2 rings (SSSR count). The molecule has 22 heavy (non-hydrogen) atoms. The fraction of sp³-hybridized carbons (Fsp3) is 0.267. The number of nitrogens with zero attached hydrogens (tertiary/aromatic N) is 3. The van der Waals surface area contributed by atoms with Crippen LogP contribution >= 0.6 is 0 Å². The molecule has 1 aromatic carbocycles. The highest BCUT2D eigenvalue weighted by atomic mass is 32.2. The summed E-state index contributed by atoms with van der Waals surface area (Å²) in [6, 6.07) is 9.05. The lowest BCUT2D eigenvalue weighted by Gasteiger charge is -2.20. The molecule has 6 nitrogen and oxygen atoms in total. The van der Waals surface area contributed by atoms with Crippen LogP contribution in [0.3, 0.4) is 0 Å². The number of aromatic nitrogens is 1. The molecule has 116 valence electrons. The maximum atomic E-state index is 11.4. The topological polar surface area (TPSA) is 76.3 Å². The van der Waals surface area contributed by atoms with Crippen LogP contribution in [0.2, 0.25) is 0 Å². The second kappa shape index (κ2) is 6.65. The SMILES string of the molecule is Cc1cc([N+](=O)[O-])cnc1N(C)Cc1ccc([S@](C)=O)cc1. The van der Waals surface area contributed by atoms with Crippen molar-refractivity contribution in [1.29, 1.82) is 0 Å². The van der Waals surface area contributed by atoms with Gasteiger partial charge in [-0.2, -0.15) is 0 Å². The van der Waals surface area contributed by atoms with E-state index in [4.69, 9.17) is 0 Å². The Kier molecular flexibility index (Phi) is 4.87. The summed E-state index contributed by atoms with van der Waals surface area (Å²) in [4.78, 5) is 17.2. The average molecular weight is 319 g/mol. The Morgan fingerprint density at radius 2 is 1.95 bits per heavy atom. The van der Waals surface area contributed by atoms with Gasteiger partial charge in [0.15, 0.2) is 0 Å². The minimum Gasteiger partial charge on any atom is -0.355 e. The predicted molar refractivity (Wildman–Crippen MR) is 86.5 cm³/mol. The van der Waals surface area contributed by atoms with Gasteiger partial charge >= 0.3 is 0 Å². The summed E-state index contributed by atoms with van der Waals surface area (Å²) in [6.07, 6.45) is 2.91. The van der Waals surface area contributed by atoms with Crippen molar-refractivity contribution in [2.75, 3.05) is 18.2 Å². The molecule has 0 aliphatic carbocycles. The van der Waals surface area contributed by atoms with Crippen LogP contribution in [0, 0.1) is 17.0 Å². The van der Waals surface area contributed by atoms with E-state index in [0.717, 1.165) is 16.0 Å². The number of hydrogen-bond acceptors (Lipinski definition) is 5. The Balaban J connectivity index is 2.16. The van der Waals surface area contributed by atoms with E-state index in [1.807, 2.05) is 36.2 Å². The van der Waals surface area contributed by atoms with Gasteiger partial charge in [0.2, 0.25) is 0 Å². The summed E-state index contributed by atoms with van der Waals surface area (Å²) in [5.74, 6) is 0.703. The van der Waals surface area contributed by atoms with E-state index in [1.165, 1.54) is 12.3 Å². The maximum absolute atomic E-state index is 11.4. The van der Waals surface area contributed by atoms with E-state index in [1.54, 1.807) is 13.2 Å². The first-order chi connectivity index (χ1) is 10.4. The van der Waals surface area contributed by atoms with Crippen LogP contribution in [-0.4, -0.2) is 27.4 Å². The van der Waals surface area contributed by atoms with Crippen molar-refractivity contribution >= 4 is 22.3 Å². The van der Waals surface area contributed by atoms with E-state index in [-0.39, 0.29) is 5.69 Å². The fourth-order valence-corrected chi connectivity index (χ4v) is 2.71. The summed E-state index contributed by atoms with van der Waals surface area (Å²) < 4.78 is 11.4. The smallest absolute Gasteiger partial charge is 0.287 e. The number of nitro groups is 1. The molecule has 0 N–H and O–H groups in total. The molecule has 1 aromatic heterocycles. The molecule has 7 heteroatoms. The molecule has 0 fully saturated rings. The molecular weight excluding hydrogens is 302 g/mol. The normalized spacial score (nSPS) is 12.0. The van der Waals surface area contributed by atoms with E-state index < -0.39 is 15.7 Å². The number of rotatable bonds is 5. The highest BCUT2D eigenvalue weighted by molar-refractivity contribution is 7.84. The highest BCUT2D eigenvalue weighted by Gasteiger charge is 2.12. The third-order valence-corrected chi connectivity index (χ3v) is 4.22. The summed E-state index contributed by atoms with van der Waals surface area (Å²) in [6.45, 7) is 2.41. The molecule has 0 aliphatic rings. The van der Waals surface area contributed by atoms with Crippen molar-refractivity contribution in [2.24, 2.45) is 0 Å². The van der Waals surface area contributed by atoms with E-state index in [0.29, 0.717) is 12.4 Å². The molecule has 0 unspecified atom stereocenters. The van der Waals surface area contributed by atoms with Crippen molar-refractivity contribution in [3.8, 4) is 0 Å². The van der Waals surface area contributed by atoms with Gasteiger partial charge in [-0.05, 0) is 30.2 Å². The van der Waals surface area contributed by atoms with Crippen LogP contribution in [0.15, 0.2) is 41.4 Å². The van der Waals surface area contributed by atoms with Crippen LogP contribution in [0.1, 0.15) is 11.1 Å². The first-order valence-corrected chi connectivity index (χ1v) is 8.19. The monoisotopic (exact) mass is 319 g/mol. The van der Waals surface area contributed by atoms with Crippen molar-refractivity contribution in [1.82, 2.24) is 4.98 Å². The average Bonchev–Trinajstić information content (AvgIpc) is 2.47. The molecule has 0 bridgehead atoms. The Morgan fingerprint density at radius 3 is 2.45 bits per heavy atom. The zero-order valence-electron chi connectivity index (χ0n) is 12.6. The molecular formula is C15H17N3O3S. The number of anilines is 1. The Morgan fingerprint density at radius 1 is 1.32 bits per heavy atom. The number of benzene rings is 1. The summed E-state index contributed by atoms with van der Waals surface area (Å²) >= 11 is 0. The molecule has 0 spiro atoms. The second-order valence-corrected chi connectivity index (χ2v) is 6.42. The molecule has 0 radical (unpaired) electrons. The lowest BCUT2D eigenvalue weighted by atomic mass is 10.2. The lowest BCUT2D eigenvalue weighted by Crippen LogP contribution is -2.18. The molecule has 0 saturated carbocycles. The van der Waals surface area contributed by atoms with Crippen LogP contribution in [-0.2, 0) is 17.3 Å². The van der Waals surface area contributed by atoms with Gasteiger partial charge in [-0.1, -0.05) is 12.1 Å². The Bertz CT molecular complexity index is 716. The van der Waals surface area contributed by atoms with Gasteiger partial charge in [-0.15, -0.1) is 0 Å². The number of hydrogen-bond donors (Lipinski definition) is 0. The first kappa shape index (κ1) is 16.1. The lowest BCUT2D eigenvalue weighted by molar-refractivity contribution is -0.385. The predicted octanol–water partition coefficient (Wildman–Crippen LogP) is 2.67. The van der Waals surface area contributed by atoms with Gasteiger partial charge < -0.3 is 4.90 Å². The zero-order chi connectivity index (χ0) is 16.3. The summed E-state index contributed by atoms with van der Waals surface area (Å²) in [5.41, 5.74) is 1.80. The minimum atomic E-state index is -0.987. The van der Waals surface area contributed by atoms with Gasteiger partial charge in [0.1, 0.15) is 12.0 Å². The quantitative estimate of drug-likeness (QED) is 0.625. The molecule has 1 heterocycles. The first-order valence-electron chi connectivity index (χ1n) is 6.63. The fourth-order valence-electron chi connectivity index (χ4n) is 2.19. The van der Waals surface area contributed by atoms with Crippen molar-refractivity contribution < 1.29 is 9.13 Å². The Hall–Kier alpha value is -2.28. The summed E-state index contributed by atoms with van der Waals surface area (Å²) in [5, 5.41) is 10.7. The molecule has 0 saturated heterocycles. The van der Waals surface area contributed by atoms with E-state index in [9.17, 15) is 14.3 Å². The molecule has 1 atom stereocenters. The standard InChI is InChI=1S/C15H17N3O3S/c1-11-8-13(18(19)20)9-16-15(11)17(2)10-12-4-6-14(7-5-12)22(3)21/h4-9H,10H2,1-3H3/t22-/m0/s1. The van der Waals surface area contributed by atoms with Gasteiger partial charge in [-0.3, -0.25) is 14.3 Å². The third kappa shape index (κ3) is 3.67. The molecule has 0 amide bonds. The largest absolute Gasteiger partial charge is 0.355 e. The van der Waals surface area contributed by atoms with Gasteiger partial charge in [0.05, 0.1) is 4.92 Å². The van der Waals surface area contributed by atoms with Crippen molar-refractivity contribution in [3.63, 3.8) is 0 Å². The number of pyridine rings is 1. The van der Waals surface area contributed by atoms with Crippen LogP contribution in [0.25, 0.3) is 0 Å².